The molecule has 2 aliphatic rings. The Bertz CT molecular complexity index is 896. The summed E-state index contributed by atoms with van der Waals surface area (Å²) in [6.07, 6.45) is 7.32. The summed E-state index contributed by atoms with van der Waals surface area (Å²) in [5.74, 6) is 2.00. The fourth-order valence-electron chi connectivity index (χ4n) is 6.42. The average molecular weight is 456 g/mol. The summed E-state index contributed by atoms with van der Waals surface area (Å²) in [4.78, 5) is 12.6. The molecule has 0 heterocycles. The number of fused-ring (bicyclic) bond motifs is 1. The van der Waals surface area contributed by atoms with Crippen molar-refractivity contribution in [3.05, 3.63) is 42.0 Å². The molecular weight excluding hydrogens is 414 g/mol. The first-order valence-electron chi connectivity index (χ1n) is 12.1. The van der Waals surface area contributed by atoms with E-state index in [4.69, 9.17) is 9.47 Å². The summed E-state index contributed by atoms with van der Waals surface area (Å²) in [7, 11) is 3.17. The molecule has 0 aliphatic heterocycles. The van der Waals surface area contributed by atoms with Crippen LogP contribution in [0.1, 0.15) is 66.2 Å². The molecule has 2 saturated carbocycles. The Hall–Kier alpha value is -2.27. The third kappa shape index (κ3) is 5.29. The van der Waals surface area contributed by atoms with Crippen LogP contribution in [0.15, 0.2) is 42.0 Å². The second-order valence-electron chi connectivity index (χ2n) is 10.8. The van der Waals surface area contributed by atoms with Crippen molar-refractivity contribution in [1.29, 1.82) is 0 Å². The van der Waals surface area contributed by atoms with Crippen molar-refractivity contribution < 1.29 is 19.4 Å². The first-order valence-corrected chi connectivity index (χ1v) is 12.1. The summed E-state index contributed by atoms with van der Waals surface area (Å²) < 4.78 is 10.6. The Kier molecular flexibility index (Phi) is 7.62. The number of hydrogen-bond donors (Lipinski definition) is 2. The minimum atomic E-state index is -0.233. The van der Waals surface area contributed by atoms with Gasteiger partial charge in [0.1, 0.15) is 11.5 Å². The quantitative estimate of drug-likeness (QED) is 0.383. The van der Waals surface area contributed by atoms with Gasteiger partial charge in [0, 0.05) is 30.0 Å². The van der Waals surface area contributed by atoms with E-state index in [1.54, 1.807) is 38.5 Å². The van der Waals surface area contributed by atoms with Crippen LogP contribution in [0.2, 0.25) is 0 Å². The summed E-state index contributed by atoms with van der Waals surface area (Å²) in [6, 6.07) is 5.32. The number of hydrogen-bond acceptors (Lipinski definition) is 4. The highest BCUT2D eigenvalue weighted by molar-refractivity contribution is 6.00. The molecule has 0 aromatic heterocycles. The number of ether oxygens (including phenoxy) is 2. The Balaban J connectivity index is 1.67. The fourth-order valence-corrected chi connectivity index (χ4v) is 6.42. The first kappa shape index (κ1) is 25.4. The SMILES string of the molecule is C=C1CC[C@@H]2C(C)(C)[C@H](O)CC[C@@]2(C)[C@@H]1CCC(C)=CC(=O)Nc1cc(OC)cc(OC)c1. The van der Waals surface area contributed by atoms with Crippen LogP contribution in [-0.4, -0.2) is 31.3 Å². The van der Waals surface area contributed by atoms with Gasteiger partial charge in [-0.05, 0) is 68.1 Å². The van der Waals surface area contributed by atoms with Crippen LogP contribution in [0.25, 0.3) is 0 Å². The van der Waals surface area contributed by atoms with Crippen molar-refractivity contribution in [2.45, 2.75) is 72.3 Å². The summed E-state index contributed by atoms with van der Waals surface area (Å²) >= 11 is 0. The predicted octanol–water partition coefficient (Wildman–Crippen LogP) is 6.14. The van der Waals surface area contributed by atoms with Crippen molar-refractivity contribution in [1.82, 2.24) is 0 Å². The van der Waals surface area contributed by atoms with Gasteiger partial charge in [0.05, 0.1) is 20.3 Å². The maximum absolute atomic E-state index is 12.6. The lowest BCUT2D eigenvalue weighted by atomic mass is 9.46. The number of benzene rings is 1. The highest BCUT2D eigenvalue weighted by Gasteiger charge is 2.55. The molecule has 0 bridgehead atoms. The highest BCUT2D eigenvalue weighted by atomic mass is 16.5. The molecular formula is C28H41NO4. The Labute approximate surface area is 199 Å². The molecule has 0 saturated heterocycles. The molecule has 1 aromatic rings. The highest BCUT2D eigenvalue weighted by Crippen LogP contribution is 2.61. The van der Waals surface area contributed by atoms with E-state index in [0.717, 1.165) is 44.1 Å². The predicted molar refractivity (Wildman–Crippen MR) is 134 cm³/mol. The van der Waals surface area contributed by atoms with Gasteiger partial charge in [0.2, 0.25) is 5.91 Å². The van der Waals surface area contributed by atoms with Crippen molar-refractivity contribution in [3.8, 4) is 11.5 Å². The van der Waals surface area contributed by atoms with Crippen molar-refractivity contribution in [2.24, 2.45) is 22.7 Å². The van der Waals surface area contributed by atoms with Gasteiger partial charge >= 0.3 is 0 Å². The molecule has 5 heteroatoms. The minimum absolute atomic E-state index is 0.0749. The first-order chi connectivity index (χ1) is 15.5. The second-order valence-corrected chi connectivity index (χ2v) is 10.8. The maximum atomic E-state index is 12.6. The van der Waals surface area contributed by atoms with Crippen LogP contribution < -0.4 is 14.8 Å². The number of aliphatic hydroxyl groups is 1. The van der Waals surface area contributed by atoms with Gasteiger partial charge in [-0.25, -0.2) is 0 Å². The normalized spacial score (nSPS) is 29.2. The second kappa shape index (κ2) is 9.92. The number of nitrogens with one attached hydrogen (secondary N) is 1. The van der Waals surface area contributed by atoms with E-state index in [2.05, 4.69) is 32.7 Å². The van der Waals surface area contributed by atoms with Gasteiger partial charge in [-0.3, -0.25) is 4.79 Å². The molecule has 2 fully saturated rings. The monoisotopic (exact) mass is 455 g/mol. The molecule has 4 atom stereocenters. The van der Waals surface area contributed by atoms with E-state index in [-0.39, 0.29) is 22.8 Å². The largest absolute Gasteiger partial charge is 0.497 e. The van der Waals surface area contributed by atoms with E-state index >= 15 is 0 Å². The Morgan fingerprint density at radius 3 is 2.42 bits per heavy atom. The van der Waals surface area contributed by atoms with Crippen LogP contribution in [0.5, 0.6) is 11.5 Å². The van der Waals surface area contributed by atoms with E-state index in [9.17, 15) is 9.90 Å². The van der Waals surface area contributed by atoms with Gasteiger partial charge in [0.15, 0.2) is 0 Å². The van der Waals surface area contributed by atoms with Crippen LogP contribution in [0, 0.1) is 22.7 Å². The summed E-state index contributed by atoms with van der Waals surface area (Å²) in [5, 5.41) is 13.6. The van der Waals surface area contributed by atoms with Crippen LogP contribution in [0.3, 0.4) is 0 Å². The number of aliphatic hydroxyl groups excluding tert-OH is 1. The number of carbonyl (C=O) groups is 1. The molecule has 5 nitrogen and oxygen atoms in total. The number of rotatable bonds is 7. The lowest BCUT2D eigenvalue weighted by Gasteiger charge is -2.59. The number of carbonyl (C=O) groups excluding carboxylic acids is 1. The van der Waals surface area contributed by atoms with Gasteiger partial charge < -0.3 is 19.9 Å². The zero-order chi connectivity index (χ0) is 24.4. The molecule has 33 heavy (non-hydrogen) atoms. The van der Waals surface area contributed by atoms with Crippen LogP contribution >= 0.6 is 0 Å². The molecule has 3 rings (SSSR count). The third-order valence-corrected chi connectivity index (χ3v) is 8.38. The molecule has 0 radical (unpaired) electrons. The van der Waals surface area contributed by atoms with E-state index in [0.29, 0.717) is 29.0 Å². The van der Waals surface area contributed by atoms with E-state index in [1.165, 1.54) is 5.57 Å². The number of methoxy groups -OCH3 is 2. The van der Waals surface area contributed by atoms with Crippen LogP contribution in [-0.2, 0) is 4.79 Å². The van der Waals surface area contributed by atoms with Gasteiger partial charge in [-0.15, -0.1) is 0 Å². The van der Waals surface area contributed by atoms with Crippen LogP contribution in [0.4, 0.5) is 5.69 Å². The van der Waals surface area contributed by atoms with Crippen molar-refractivity contribution in [3.63, 3.8) is 0 Å². The molecule has 182 valence electrons. The molecule has 0 spiro atoms. The van der Waals surface area contributed by atoms with Crippen molar-refractivity contribution in [2.75, 3.05) is 19.5 Å². The lowest BCUT2D eigenvalue weighted by molar-refractivity contribution is -0.124. The van der Waals surface area contributed by atoms with E-state index < -0.39 is 0 Å². The number of anilines is 1. The molecule has 1 amide bonds. The van der Waals surface area contributed by atoms with Gasteiger partial charge in [0.25, 0.3) is 0 Å². The maximum Gasteiger partial charge on any atom is 0.248 e. The van der Waals surface area contributed by atoms with E-state index in [1.807, 2.05) is 6.92 Å². The molecule has 2 N–H and O–H groups in total. The Morgan fingerprint density at radius 1 is 1.18 bits per heavy atom. The lowest BCUT2D eigenvalue weighted by Crippen LogP contribution is -2.54. The molecule has 1 aromatic carbocycles. The zero-order valence-corrected chi connectivity index (χ0v) is 21.2. The number of amides is 1. The third-order valence-electron chi connectivity index (χ3n) is 8.38. The smallest absolute Gasteiger partial charge is 0.248 e. The Morgan fingerprint density at radius 2 is 1.82 bits per heavy atom. The van der Waals surface area contributed by atoms with Gasteiger partial charge in [-0.1, -0.05) is 38.5 Å². The fraction of sp³-hybridized carbons (Fsp3) is 0.607. The average Bonchev–Trinajstić information content (AvgIpc) is 2.75. The minimum Gasteiger partial charge on any atom is -0.497 e. The topological polar surface area (TPSA) is 67.8 Å². The summed E-state index contributed by atoms with van der Waals surface area (Å²) in [5.41, 5.74) is 3.10. The molecule has 2 aliphatic carbocycles. The zero-order valence-electron chi connectivity index (χ0n) is 21.2. The number of allylic oxidation sites excluding steroid dienone is 2. The summed E-state index contributed by atoms with van der Waals surface area (Å²) in [6.45, 7) is 13.3. The van der Waals surface area contributed by atoms with Crippen molar-refractivity contribution >= 4 is 11.6 Å². The molecule has 0 unspecified atom stereocenters. The standard InChI is InChI=1S/C28H41NO4/c1-18(14-26(31)29-20-15-21(32-6)17-22(16-20)33-7)8-10-23-19(2)9-11-24-27(3,4)25(30)12-13-28(23,24)5/h14-17,23-25,30H,2,8-13H2,1,3-7H3,(H,29,31)/t23-,24-,25-,28+/m1/s1. The van der Waals surface area contributed by atoms with Gasteiger partial charge in [-0.2, -0.15) is 0 Å².